The van der Waals surface area contributed by atoms with Gasteiger partial charge in [-0.2, -0.15) is 0 Å². The number of carbonyl (C=O) groups is 1. The summed E-state index contributed by atoms with van der Waals surface area (Å²) < 4.78 is 5.13. The van der Waals surface area contributed by atoms with Crippen LogP contribution in [0, 0.1) is 0 Å². The van der Waals surface area contributed by atoms with Crippen LogP contribution in [0.3, 0.4) is 0 Å². The van der Waals surface area contributed by atoms with E-state index in [4.69, 9.17) is 9.84 Å². The minimum atomic E-state index is -1.25. The standard InChI is InChI=1S/C7H16O3Si/c1-6(7(8)9)10-5-11(2,3)4/h6H,5H2,1-4H3,(H,8,9). The zero-order chi connectivity index (χ0) is 9.07. The fraction of sp³-hybridized carbons (Fsp3) is 0.857. The Morgan fingerprint density at radius 1 is 1.55 bits per heavy atom. The molecule has 0 fully saturated rings. The van der Waals surface area contributed by atoms with Gasteiger partial charge in [0.05, 0.1) is 8.07 Å². The van der Waals surface area contributed by atoms with Crippen LogP contribution in [0.25, 0.3) is 0 Å². The molecule has 0 rings (SSSR count). The summed E-state index contributed by atoms with van der Waals surface area (Å²) in [5.74, 6) is -0.886. The first kappa shape index (κ1) is 10.6. The average Bonchev–Trinajstić information content (AvgIpc) is 1.80. The zero-order valence-corrected chi connectivity index (χ0v) is 8.55. The van der Waals surface area contributed by atoms with Crippen LogP contribution in [-0.4, -0.2) is 31.5 Å². The predicted octanol–water partition coefficient (Wildman–Crippen LogP) is 1.35. The number of ether oxygens (including phenoxy) is 1. The molecule has 11 heavy (non-hydrogen) atoms. The quantitative estimate of drug-likeness (QED) is 0.658. The van der Waals surface area contributed by atoms with Crippen LogP contribution >= 0.6 is 0 Å². The normalized spacial score (nSPS) is 14.5. The third-order valence-corrected chi connectivity index (χ3v) is 2.15. The Kier molecular flexibility index (Phi) is 3.75. The first-order valence-corrected chi connectivity index (χ1v) is 7.38. The smallest absolute Gasteiger partial charge is 0.332 e. The number of hydrogen-bond donors (Lipinski definition) is 1. The lowest BCUT2D eigenvalue weighted by atomic mass is 10.4. The molecule has 1 N–H and O–H groups in total. The Bertz CT molecular complexity index is 139. The van der Waals surface area contributed by atoms with Crippen molar-refractivity contribution in [2.75, 3.05) is 6.23 Å². The van der Waals surface area contributed by atoms with Gasteiger partial charge in [-0.05, 0) is 6.92 Å². The van der Waals surface area contributed by atoms with Gasteiger partial charge < -0.3 is 9.84 Å². The second-order valence-corrected chi connectivity index (χ2v) is 9.26. The lowest BCUT2D eigenvalue weighted by molar-refractivity contribution is -0.147. The van der Waals surface area contributed by atoms with Gasteiger partial charge in [0.15, 0.2) is 6.10 Å². The molecule has 0 spiro atoms. The van der Waals surface area contributed by atoms with Gasteiger partial charge in [-0.25, -0.2) is 4.79 Å². The van der Waals surface area contributed by atoms with E-state index in [1.807, 2.05) is 0 Å². The molecule has 0 aromatic heterocycles. The fourth-order valence-electron chi connectivity index (χ4n) is 0.446. The van der Waals surface area contributed by atoms with Crippen LogP contribution in [0.1, 0.15) is 6.92 Å². The molecule has 4 heteroatoms. The van der Waals surface area contributed by atoms with Crippen molar-refractivity contribution < 1.29 is 14.6 Å². The first-order valence-electron chi connectivity index (χ1n) is 3.67. The van der Waals surface area contributed by atoms with E-state index in [0.717, 1.165) is 0 Å². The van der Waals surface area contributed by atoms with Gasteiger partial charge in [-0.15, -0.1) is 0 Å². The molecule has 0 aromatic carbocycles. The number of rotatable bonds is 4. The van der Waals surface area contributed by atoms with Crippen molar-refractivity contribution in [3.8, 4) is 0 Å². The highest BCUT2D eigenvalue weighted by Crippen LogP contribution is 2.02. The lowest BCUT2D eigenvalue weighted by Crippen LogP contribution is -2.33. The molecule has 0 saturated carbocycles. The third kappa shape index (κ3) is 6.06. The van der Waals surface area contributed by atoms with Crippen molar-refractivity contribution in [3.05, 3.63) is 0 Å². The molecular weight excluding hydrogens is 160 g/mol. The molecule has 0 aromatic rings. The summed E-state index contributed by atoms with van der Waals surface area (Å²) in [6.45, 7) is 7.98. The molecule has 0 aliphatic heterocycles. The fourth-order valence-corrected chi connectivity index (χ4v) is 1.20. The molecule has 1 atom stereocenters. The molecule has 0 radical (unpaired) electrons. The van der Waals surface area contributed by atoms with Gasteiger partial charge in [0.1, 0.15) is 0 Å². The maximum atomic E-state index is 10.3. The van der Waals surface area contributed by atoms with Gasteiger partial charge in [-0.1, -0.05) is 19.6 Å². The van der Waals surface area contributed by atoms with E-state index in [0.29, 0.717) is 6.23 Å². The highest BCUT2D eigenvalue weighted by atomic mass is 28.3. The van der Waals surface area contributed by atoms with Crippen LogP contribution < -0.4 is 0 Å². The number of carboxylic acid groups (broad SMARTS) is 1. The molecule has 0 amide bonds. The topological polar surface area (TPSA) is 46.5 Å². The summed E-state index contributed by atoms with van der Waals surface area (Å²) >= 11 is 0. The molecule has 0 bridgehead atoms. The largest absolute Gasteiger partial charge is 0.479 e. The summed E-state index contributed by atoms with van der Waals surface area (Å²) in [6.07, 6.45) is -0.0535. The highest BCUT2D eigenvalue weighted by molar-refractivity contribution is 6.76. The molecule has 0 saturated heterocycles. The van der Waals surface area contributed by atoms with Crippen LogP contribution in [-0.2, 0) is 9.53 Å². The Labute approximate surface area is 68.4 Å². The van der Waals surface area contributed by atoms with Gasteiger partial charge in [0.2, 0.25) is 0 Å². The van der Waals surface area contributed by atoms with Crippen molar-refractivity contribution in [1.82, 2.24) is 0 Å². The van der Waals surface area contributed by atoms with E-state index in [2.05, 4.69) is 19.6 Å². The molecule has 0 aliphatic carbocycles. The van der Waals surface area contributed by atoms with Crippen molar-refractivity contribution in [2.24, 2.45) is 0 Å². The summed E-state index contributed by atoms with van der Waals surface area (Å²) in [5, 5.41) is 8.47. The monoisotopic (exact) mass is 176 g/mol. The number of aliphatic carboxylic acids is 1. The van der Waals surface area contributed by atoms with Gasteiger partial charge in [-0.3, -0.25) is 0 Å². The maximum absolute atomic E-state index is 10.3. The first-order chi connectivity index (χ1) is 4.83. The zero-order valence-electron chi connectivity index (χ0n) is 7.55. The van der Waals surface area contributed by atoms with Crippen LogP contribution in [0.15, 0.2) is 0 Å². The van der Waals surface area contributed by atoms with Gasteiger partial charge in [0.25, 0.3) is 0 Å². The van der Waals surface area contributed by atoms with Crippen molar-refractivity contribution in [1.29, 1.82) is 0 Å². The molecular formula is C7H16O3Si. The molecule has 66 valence electrons. The Hall–Kier alpha value is -0.353. The summed E-state index contributed by atoms with van der Waals surface area (Å²) in [4.78, 5) is 10.3. The predicted molar refractivity (Wildman–Crippen MR) is 46.4 cm³/mol. The van der Waals surface area contributed by atoms with E-state index >= 15 is 0 Å². The van der Waals surface area contributed by atoms with Crippen molar-refractivity contribution in [3.63, 3.8) is 0 Å². The van der Waals surface area contributed by atoms with E-state index < -0.39 is 20.1 Å². The number of hydrogen-bond acceptors (Lipinski definition) is 2. The molecule has 0 heterocycles. The summed E-state index contributed by atoms with van der Waals surface area (Å²) in [5.41, 5.74) is 0. The summed E-state index contributed by atoms with van der Waals surface area (Å²) in [6, 6.07) is 0. The van der Waals surface area contributed by atoms with E-state index in [9.17, 15) is 4.79 Å². The van der Waals surface area contributed by atoms with Crippen LogP contribution in [0.2, 0.25) is 19.6 Å². The van der Waals surface area contributed by atoms with E-state index in [-0.39, 0.29) is 0 Å². The van der Waals surface area contributed by atoms with Crippen molar-refractivity contribution in [2.45, 2.75) is 32.7 Å². The minimum Gasteiger partial charge on any atom is -0.479 e. The Balaban J connectivity index is 3.63. The summed E-state index contributed by atoms with van der Waals surface area (Å²) in [7, 11) is -1.25. The molecule has 3 nitrogen and oxygen atoms in total. The maximum Gasteiger partial charge on any atom is 0.332 e. The van der Waals surface area contributed by atoms with Crippen LogP contribution in [0.4, 0.5) is 0 Å². The molecule has 1 unspecified atom stereocenters. The van der Waals surface area contributed by atoms with Gasteiger partial charge >= 0.3 is 5.97 Å². The van der Waals surface area contributed by atoms with E-state index in [1.165, 1.54) is 0 Å². The highest BCUT2D eigenvalue weighted by Gasteiger charge is 2.18. The molecule has 0 aliphatic rings. The van der Waals surface area contributed by atoms with Crippen molar-refractivity contribution >= 4 is 14.0 Å². The SMILES string of the molecule is CC(OC[Si](C)(C)C)C(=O)O. The third-order valence-electron chi connectivity index (χ3n) is 1.11. The van der Waals surface area contributed by atoms with Gasteiger partial charge in [0, 0.05) is 6.23 Å². The van der Waals surface area contributed by atoms with E-state index in [1.54, 1.807) is 6.92 Å². The lowest BCUT2D eigenvalue weighted by Gasteiger charge is -2.17. The second-order valence-electron chi connectivity index (χ2n) is 3.85. The Morgan fingerprint density at radius 2 is 2.00 bits per heavy atom. The average molecular weight is 176 g/mol. The second kappa shape index (κ2) is 3.87. The Morgan fingerprint density at radius 3 is 2.27 bits per heavy atom. The number of carboxylic acids is 1. The minimum absolute atomic E-state index is 0.612. The van der Waals surface area contributed by atoms with Crippen LogP contribution in [0.5, 0.6) is 0 Å².